The van der Waals surface area contributed by atoms with Crippen LogP contribution in [0.1, 0.15) is 47.2 Å². The molecule has 0 atom stereocenters. The third kappa shape index (κ3) is 1.85. The molecule has 20 heavy (non-hydrogen) atoms. The largest absolute Gasteiger partial charge is 0.140 e. The zero-order valence-corrected chi connectivity index (χ0v) is 15.0. The Morgan fingerprint density at radius 2 is 1.50 bits per heavy atom. The SMILES string of the molecule is Cc1sc2c(C)c3c(C)c(C(C)(C)C)sc3cc2c1C. The van der Waals surface area contributed by atoms with Gasteiger partial charge in [0, 0.05) is 24.5 Å². The lowest BCUT2D eigenvalue weighted by Gasteiger charge is -2.17. The Bertz CT molecular complexity index is 823. The van der Waals surface area contributed by atoms with Gasteiger partial charge in [0.1, 0.15) is 0 Å². The molecule has 106 valence electrons. The van der Waals surface area contributed by atoms with Crippen molar-refractivity contribution < 1.29 is 0 Å². The van der Waals surface area contributed by atoms with Crippen LogP contribution in [0.4, 0.5) is 0 Å². The monoisotopic (exact) mass is 302 g/mol. The van der Waals surface area contributed by atoms with Crippen molar-refractivity contribution >= 4 is 42.8 Å². The summed E-state index contributed by atoms with van der Waals surface area (Å²) in [5, 5.41) is 2.95. The number of aryl methyl sites for hydroxylation is 4. The Morgan fingerprint density at radius 3 is 2.10 bits per heavy atom. The van der Waals surface area contributed by atoms with Crippen molar-refractivity contribution in [1.29, 1.82) is 0 Å². The van der Waals surface area contributed by atoms with Crippen LogP contribution in [-0.4, -0.2) is 0 Å². The molecule has 0 nitrogen and oxygen atoms in total. The minimum Gasteiger partial charge on any atom is -0.140 e. The van der Waals surface area contributed by atoms with E-state index in [2.05, 4.69) is 54.5 Å². The molecule has 2 aromatic heterocycles. The van der Waals surface area contributed by atoms with Crippen molar-refractivity contribution in [2.24, 2.45) is 0 Å². The van der Waals surface area contributed by atoms with Crippen molar-refractivity contribution in [2.75, 3.05) is 0 Å². The van der Waals surface area contributed by atoms with E-state index in [1.54, 1.807) is 0 Å². The quantitative estimate of drug-likeness (QED) is 0.436. The Morgan fingerprint density at radius 1 is 0.850 bits per heavy atom. The lowest BCUT2D eigenvalue weighted by molar-refractivity contribution is 0.601. The van der Waals surface area contributed by atoms with Crippen molar-refractivity contribution in [3.05, 3.63) is 32.5 Å². The average Bonchev–Trinajstić information content (AvgIpc) is 2.81. The van der Waals surface area contributed by atoms with E-state index in [9.17, 15) is 0 Å². The first-order chi connectivity index (χ1) is 9.21. The summed E-state index contributed by atoms with van der Waals surface area (Å²) >= 11 is 3.93. The fourth-order valence-electron chi connectivity index (χ4n) is 3.16. The summed E-state index contributed by atoms with van der Waals surface area (Å²) in [6, 6.07) is 2.42. The molecule has 3 rings (SSSR count). The van der Waals surface area contributed by atoms with Crippen molar-refractivity contribution in [2.45, 2.75) is 53.9 Å². The van der Waals surface area contributed by atoms with Crippen LogP contribution in [0.5, 0.6) is 0 Å². The zero-order valence-electron chi connectivity index (χ0n) is 13.4. The predicted octanol–water partition coefficient (Wildman–Crippen LogP) is 6.65. The average molecular weight is 303 g/mol. The number of hydrogen-bond acceptors (Lipinski definition) is 2. The normalized spacial score (nSPS) is 12.8. The molecule has 0 saturated carbocycles. The molecule has 0 amide bonds. The first kappa shape index (κ1) is 14.1. The van der Waals surface area contributed by atoms with Gasteiger partial charge in [-0.1, -0.05) is 20.8 Å². The second-order valence-corrected chi connectivity index (χ2v) is 9.12. The van der Waals surface area contributed by atoms with Gasteiger partial charge in [-0.2, -0.15) is 0 Å². The van der Waals surface area contributed by atoms with Gasteiger partial charge in [0.05, 0.1) is 0 Å². The Kier molecular flexibility index (Phi) is 3.04. The molecule has 0 spiro atoms. The number of benzene rings is 1. The van der Waals surface area contributed by atoms with Gasteiger partial charge in [-0.15, -0.1) is 22.7 Å². The summed E-state index contributed by atoms with van der Waals surface area (Å²) in [6.45, 7) is 16.0. The van der Waals surface area contributed by atoms with Crippen LogP contribution in [0.15, 0.2) is 6.07 Å². The Labute approximate surface area is 129 Å². The molecule has 1 aromatic carbocycles. The summed E-state index contributed by atoms with van der Waals surface area (Å²) < 4.78 is 2.94. The van der Waals surface area contributed by atoms with Crippen LogP contribution < -0.4 is 0 Å². The van der Waals surface area contributed by atoms with Crippen molar-refractivity contribution in [3.63, 3.8) is 0 Å². The van der Waals surface area contributed by atoms with Gasteiger partial charge < -0.3 is 0 Å². The summed E-state index contributed by atoms with van der Waals surface area (Å²) in [7, 11) is 0. The fourth-order valence-corrected chi connectivity index (χ4v) is 5.67. The van der Waals surface area contributed by atoms with Gasteiger partial charge in [0.2, 0.25) is 0 Å². The molecule has 0 aliphatic heterocycles. The maximum absolute atomic E-state index is 2.42. The maximum Gasteiger partial charge on any atom is 0.0384 e. The molecule has 0 aliphatic rings. The Balaban J connectivity index is 2.49. The number of thiophene rings is 2. The smallest absolute Gasteiger partial charge is 0.0384 e. The molecule has 0 unspecified atom stereocenters. The van der Waals surface area contributed by atoms with Crippen LogP contribution >= 0.6 is 22.7 Å². The Hall–Kier alpha value is -0.860. The zero-order chi connectivity index (χ0) is 14.8. The molecule has 0 saturated heterocycles. The van der Waals surface area contributed by atoms with Gasteiger partial charge in [-0.3, -0.25) is 0 Å². The molecule has 2 heteroatoms. The van der Waals surface area contributed by atoms with Crippen LogP contribution in [0.3, 0.4) is 0 Å². The van der Waals surface area contributed by atoms with E-state index in [1.807, 2.05) is 22.7 Å². The third-order valence-electron chi connectivity index (χ3n) is 4.28. The van der Waals surface area contributed by atoms with Gasteiger partial charge in [0.25, 0.3) is 0 Å². The minimum absolute atomic E-state index is 0.235. The highest BCUT2D eigenvalue weighted by molar-refractivity contribution is 7.21. The van der Waals surface area contributed by atoms with Crippen molar-refractivity contribution in [3.8, 4) is 0 Å². The van der Waals surface area contributed by atoms with Gasteiger partial charge in [0.15, 0.2) is 0 Å². The number of fused-ring (bicyclic) bond motifs is 2. The highest BCUT2D eigenvalue weighted by atomic mass is 32.1. The van der Waals surface area contributed by atoms with E-state index in [0.29, 0.717) is 0 Å². The minimum atomic E-state index is 0.235. The third-order valence-corrected chi connectivity index (χ3v) is 7.29. The van der Waals surface area contributed by atoms with Gasteiger partial charge in [-0.05, 0) is 61.3 Å². The summed E-state index contributed by atoms with van der Waals surface area (Å²) in [5.74, 6) is 0. The molecule has 3 aromatic rings. The lowest BCUT2D eigenvalue weighted by Crippen LogP contribution is -2.09. The second kappa shape index (κ2) is 4.32. The van der Waals surface area contributed by atoms with Crippen LogP contribution in [0.25, 0.3) is 20.2 Å². The molecular formula is C18H22S2. The van der Waals surface area contributed by atoms with E-state index in [0.717, 1.165) is 0 Å². The van der Waals surface area contributed by atoms with E-state index < -0.39 is 0 Å². The topological polar surface area (TPSA) is 0 Å². The van der Waals surface area contributed by atoms with E-state index in [-0.39, 0.29) is 5.41 Å². The maximum atomic E-state index is 2.42. The van der Waals surface area contributed by atoms with E-state index in [4.69, 9.17) is 0 Å². The first-order valence-electron chi connectivity index (χ1n) is 7.14. The van der Waals surface area contributed by atoms with Gasteiger partial charge in [-0.25, -0.2) is 0 Å². The van der Waals surface area contributed by atoms with Crippen LogP contribution in [-0.2, 0) is 5.41 Å². The molecule has 0 N–H and O–H groups in total. The lowest BCUT2D eigenvalue weighted by atomic mass is 9.90. The molecule has 0 bridgehead atoms. The van der Waals surface area contributed by atoms with E-state index in [1.165, 1.54) is 46.6 Å². The number of rotatable bonds is 0. The molecule has 0 fully saturated rings. The summed E-state index contributed by atoms with van der Waals surface area (Å²) in [4.78, 5) is 2.98. The number of hydrogen-bond donors (Lipinski definition) is 0. The van der Waals surface area contributed by atoms with Crippen LogP contribution in [0, 0.1) is 27.7 Å². The van der Waals surface area contributed by atoms with Crippen LogP contribution in [0.2, 0.25) is 0 Å². The molecule has 0 radical (unpaired) electrons. The van der Waals surface area contributed by atoms with Gasteiger partial charge >= 0.3 is 0 Å². The first-order valence-corrected chi connectivity index (χ1v) is 8.78. The molecule has 2 heterocycles. The highest BCUT2D eigenvalue weighted by Crippen LogP contribution is 2.44. The van der Waals surface area contributed by atoms with Crippen molar-refractivity contribution in [1.82, 2.24) is 0 Å². The molecular weight excluding hydrogens is 280 g/mol. The van der Waals surface area contributed by atoms with E-state index >= 15 is 0 Å². The molecule has 0 aliphatic carbocycles. The standard InChI is InChI=1S/C18H22S2/c1-9-12(4)19-16-10(2)15-11(3)17(18(5,6)7)20-14(15)8-13(9)16/h8H,1-7H3. The second-order valence-electron chi connectivity index (χ2n) is 6.84. The fraction of sp³-hybridized carbons (Fsp3) is 0.444. The summed E-state index contributed by atoms with van der Waals surface area (Å²) in [6.07, 6.45) is 0. The highest BCUT2D eigenvalue weighted by Gasteiger charge is 2.23. The predicted molar refractivity (Wildman–Crippen MR) is 94.9 cm³/mol. The summed E-state index contributed by atoms with van der Waals surface area (Å²) in [5.41, 5.74) is 4.65.